The van der Waals surface area contributed by atoms with Gasteiger partial charge in [-0.25, -0.2) is 19.9 Å². The van der Waals surface area contributed by atoms with E-state index < -0.39 is 0 Å². The number of hydrogen-bond acceptors (Lipinski definition) is 8. The zero-order valence-electron chi connectivity index (χ0n) is 20.8. The summed E-state index contributed by atoms with van der Waals surface area (Å²) >= 11 is 29.9. The lowest BCUT2D eigenvalue weighted by molar-refractivity contribution is 0.363. The largest absolute Gasteiger partial charge is 0.382 e. The van der Waals surface area contributed by atoms with E-state index in [0.717, 1.165) is 31.7 Å². The van der Waals surface area contributed by atoms with Gasteiger partial charge in [-0.05, 0) is 31.9 Å². The SMILES string of the molecule is CC1(N)CCN(c2cnc(-c3cccc(Cl)c3Cl)c(N)n2)CC1.Nc1nc(Cl)cnc1-c1cccc(Cl)c1Cl. The summed E-state index contributed by atoms with van der Waals surface area (Å²) < 4.78 is 0. The number of benzene rings is 2. The number of halogens is 5. The molecule has 39 heavy (non-hydrogen) atoms. The van der Waals surface area contributed by atoms with Gasteiger partial charge < -0.3 is 22.1 Å². The molecule has 0 bridgehead atoms. The van der Waals surface area contributed by atoms with Gasteiger partial charge in [0, 0.05) is 29.8 Å². The van der Waals surface area contributed by atoms with Crippen LogP contribution in [0, 0.1) is 0 Å². The summed E-state index contributed by atoms with van der Waals surface area (Å²) in [6, 6.07) is 10.6. The van der Waals surface area contributed by atoms with Crippen LogP contribution in [0.2, 0.25) is 25.2 Å². The standard InChI is InChI=1S/C16H19Cl2N5.C10H6Cl3N3/c1-16(20)5-7-23(8-6-16)12-9-21-14(15(19)22-12)10-3-2-4-11(17)13(10)18;11-6-3-1-2-5(8(6)13)9-10(14)16-7(12)4-15-9/h2-4,9H,5-8,20H2,1H3,(H2,19,22);1-4H,(H2,14,16). The minimum atomic E-state index is -0.107. The number of piperidine rings is 1. The molecule has 6 N–H and O–H groups in total. The first kappa shape index (κ1) is 29.4. The van der Waals surface area contributed by atoms with Crippen molar-refractivity contribution >= 4 is 75.5 Å². The maximum atomic E-state index is 6.24. The molecule has 0 spiro atoms. The fourth-order valence-electron chi connectivity index (χ4n) is 3.96. The molecule has 8 nitrogen and oxygen atoms in total. The number of hydrogen-bond donors (Lipinski definition) is 3. The molecule has 0 aliphatic carbocycles. The Hall–Kier alpha value is -2.59. The number of nitrogen functional groups attached to an aromatic ring is 2. The summed E-state index contributed by atoms with van der Waals surface area (Å²) in [4.78, 5) is 19.1. The molecule has 4 aromatic rings. The Kier molecular flexibility index (Phi) is 9.26. The van der Waals surface area contributed by atoms with Gasteiger partial charge in [0.2, 0.25) is 0 Å². The van der Waals surface area contributed by atoms with Crippen LogP contribution in [0.25, 0.3) is 22.5 Å². The van der Waals surface area contributed by atoms with Crippen molar-refractivity contribution < 1.29 is 0 Å². The lowest BCUT2D eigenvalue weighted by Gasteiger charge is -2.37. The number of aromatic nitrogens is 4. The Morgan fingerprint density at radius 1 is 0.744 bits per heavy atom. The van der Waals surface area contributed by atoms with E-state index in [9.17, 15) is 0 Å². The summed E-state index contributed by atoms with van der Waals surface area (Å²) in [5.41, 5.74) is 20.2. The molecule has 0 amide bonds. The second-order valence-electron chi connectivity index (χ2n) is 9.23. The minimum Gasteiger partial charge on any atom is -0.382 e. The topological polar surface area (TPSA) is 133 Å². The van der Waals surface area contributed by atoms with E-state index in [0.29, 0.717) is 48.4 Å². The van der Waals surface area contributed by atoms with Crippen LogP contribution in [0.15, 0.2) is 48.8 Å². The lowest BCUT2D eigenvalue weighted by atomic mass is 9.91. The maximum Gasteiger partial charge on any atom is 0.152 e. The average Bonchev–Trinajstić information content (AvgIpc) is 2.88. The second-order valence-corrected chi connectivity index (χ2v) is 11.2. The molecule has 0 saturated carbocycles. The molecule has 0 radical (unpaired) electrons. The van der Waals surface area contributed by atoms with Crippen molar-refractivity contribution in [2.75, 3.05) is 29.5 Å². The van der Waals surface area contributed by atoms with Gasteiger partial charge in [0.25, 0.3) is 0 Å². The van der Waals surface area contributed by atoms with Crippen LogP contribution >= 0.6 is 58.0 Å². The fraction of sp³-hybridized carbons (Fsp3) is 0.231. The lowest BCUT2D eigenvalue weighted by Crippen LogP contribution is -2.48. The molecule has 5 rings (SSSR count). The van der Waals surface area contributed by atoms with E-state index in [2.05, 4.69) is 31.8 Å². The van der Waals surface area contributed by atoms with Crippen molar-refractivity contribution in [2.45, 2.75) is 25.3 Å². The van der Waals surface area contributed by atoms with E-state index in [-0.39, 0.29) is 16.5 Å². The van der Waals surface area contributed by atoms with Gasteiger partial charge in [-0.2, -0.15) is 0 Å². The predicted molar refractivity (Wildman–Crippen MR) is 163 cm³/mol. The van der Waals surface area contributed by atoms with Crippen molar-refractivity contribution in [3.8, 4) is 22.5 Å². The molecule has 204 valence electrons. The summed E-state index contributed by atoms with van der Waals surface area (Å²) in [5, 5.41) is 1.97. The van der Waals surface area contributed by atoms with Gasteiger partial charge in [0.05, 0.1) is 32.5 Å². The third kappa shape index (κ3) is 6.95. The molecule has 13 heteroatoms. The van der Waals surface area contributed by atoms with Crippen molar-refractivity contribution in [3.63, 3.8) is 0 Å². The van der Waals surface area contributed by atoms with Crippen molar-refractivity contribution in [3.05, 3.63) is 74.0 Å². The van der Waals surface area contributed by atoms with Crippen LogP contribution in [0.4, 0.5) is 17.5 Å². The molecule has 1 fully saturated rings. The number of nitrogens with two attached hydrogens (primary N) is 3. The molecular formula is C26H25Cl5N8. The smallest absolute Gasteiger partial charge is 0.152 e. The first-order valence-corrected chi connectivity index (χ1v) is 13.7. The number of nitrogens with zero attached hydrogens (tertiary/aromatic N) is 5. The molecule has 1 saturated heterocycles. The highest BCUT2D eigenvalue weighted by molar-refractivity contribution is 6.44. The Morgan fingerprint density at radius 2 is 1.23 bits per heavy atom. The third-order valence-corrected chi connectivity index (χ3v) is 8.02. The Balaban J connectivity index is 0.000000193. The predicted octanol–water partition coefficient (Wildman–Crippen LogP) is 7.04. The summed E-state index contributed by atoms with van der Waals surface area (Å²) in [5.74, 6) is 1.32. The maximum absolute atomic E-state index is 6.24. The van der Waals surface area contributed by atoms with Gasteiger partial charge in [-0.1, -0.05) is 82.3 Å². The van der Waals surface area contributed by atoms with Crippen LogP contribution in [-0.4, -0.2) is 38.6 Å². The third-order valence-electron chi connectivity index (χ3n) is 6.20. The van der Waals surface area contributed by atoms with Crippen molar-refractivity contribution in [1.82, 2.24) is 19.9 Å². The molecule has 0 atom stereocenters. The van der Waals surface area contributed by atoms with Gasteiger partial charge in [-0.3, -0.25) is 0 Å². The van der Waals surface area contributed by atoms with Crippen LogP contribution < -0.4 is 22.1 Å². The zero-order chi connectivity index (χ0) is 28.3. The first-order valence-electron chi connectivity index (χ1n) is 11.8. The van der Waals surface area contributed by atoms with Crippen molar-refractivity contribution in [1.29, 1.82) is 0 Å². The van der Waals surface area contributed by atoms with E-state index in [1.807, 2.05) is 12.1 Å². The Bertz CT molecular complexity index is 1490. The van der Waals surface area contributed by atoms with Gasteiger partial charge in [0.15, 0.2) is 11.6 Å². The summed E-state index contributed by atoms with van der Waals surface area (Å²) in [7, 11) is 0. The highest BCUT2D eigenvalue weighted by Crippen LogP contribution is 2.36. The normalized spacial score (nSPS) is 14.5. The van der Waals surface area contributed by atoms with Crippen LogP contribution in [-0.2, 0) is 0 Å². The molecule has 2 aromatic carbocycles. The first-order chi connectivity index (χ1) is 18.5. The van der Waals surface area contributed by atoms with Crippen LogP contribution in [0.5, 0.6) is 0 Å². The van der Waals surface area contributed by atoms with Gasteiger partial charge >= 0.3 is 0 Å². The van der Waals surface area contributed by atoms with E-state index in [1.165, 1.54) is 6.20 Å². The zero-order valence-corrected chi connectivity index (χ0v) is 24.6. The molecule has 3 heterocycles. The molecule has 0 unspecified atom stereocenters. The molecule has 2 aromatic heterocycles. The summed E-state index contributed by atoms with van der Waals surface area (Å²) in [6.45, 7) is 3.77. The fourth-order valence-corrected chi connectivity index (χ4v) is 4.88. The number of rotatable bonds is 3. The highest BCUT2D eigenvalue weighted by Gasteiger charge is 2.27. The number of anilines is 3. The Labute approximate surface area is 251 Å². The molecular weight excluding hydrogens is 602 g/mol. The van der Waals surface area contributed by atoms with Crippen LogP contribution in [0.3, 0.4) is 0 Å². The van der Waals surface area contributed by atoms with E-state index in [4.69, 9.17) is 75.2 Å². The van der Waals surface area contributed by atoms with E-state index >= 15 is 0 Å². The summed E-state index contributed by atoms with van der Waals surface area (Å²) in [6.07, 6.45) is 4.96. The van der Waals surface area contributed by atoms with Crippen LogP contribution in [0.1, 0.15) is 19.8 Å². The average molecular weight is 627 g/mol. The van der Waals surface area contributed by atoms with Gasteiger partial charge in [0.1, 0.15) is 22.4 Å². The van der Waals surface area contributed by atoms with E-state index in [1.54, 1.807) is 30.5 Å². The van der Waals surface area contributed by atoms with Gasteiger partial charge in [-0.15, -0.1) is 0 Å². The molecule has 1 aliphatic heterocycles. The minimum absolute atomic E-state index is 0.107. The quantitative estimate of drug-likeness (QED) is 0.221. The second kappa shape index (κ2) is 12.3. The monoisotopic (exact) mass is 624 g/mol. The van der Waals surface area contributed by atoms with Crippen molar-refractivity contribution in [2.24, 2.45) is 5.73 Å². The highest BCUT2D eigenvalue weighted by atomic mass is 35.5. The molecule has 1 aliphatic rings. The Morgan fingerprint density at radius 3 is 1.72 bits per heavy atom.